The normalized spacial score (nSPS) is 15.5. The Morgan fingerprint density at radius 3 is 1.96 bits per heavy atom. The molecule has 1 aliphatic heterocycles. The van der Waals surface area contributed by atoms with Gasteiger partial charge in [-0.3, -0.25) is 14.5 Å². The topological polar surface area (TPSA) is 63.4 Å². The number of fused-ring (bicyclic) bond motifs is 1. The second-order valence-corrected chi connectivity index (χ2v) is 7.09. The molecule has 1 aliphatic rings. The van der Waals surface area contributed by atoms with E-state index in [2.05, 4.69) is 0 Å². The highest BCUT2D eigenvalue weighted by atomic mass is 16.2. The minimum absolute atomic E-state index is 0.0869. The second-order valence-electron chi connectivity index (χ2n) is 7.09. The Bertz CT molecular complexity index is 946. The van der Waals surface area contributed by atoms with E-state index < -0.39 is 11.9 Å². The highest BCUT2D eigenvalue weighted by Crippen LogP contribution is 2.35. The first-order chi connectivity index (χ1) is 13.6. The Hall–Kier alpha value is -3.40. The summed E-state index contributed by atoms with van der Waals surface area (Å²) in [4.78, 5) is 27.0. The van der Waals surface area contributed by atoms with Crippen LogP contribution in [0, 0.1) is 0 Å². The zero-order valence-corrected chi connectivity index (χ0v) is 15.5. The van der Waals surface area contributed by atoms with Crippen molar-refractivity contribution in [2.24, 2.45) is 5.73 Å². The van der Waals surface area contributed by atoms with Gasteiger partial charge in [-0.05, 0) is 22.8 Å². The van der Waals surface area contributed by atoms with Crippen molar-refractivity contribution < 1.29 is 9.59 Å². The molecule has 28 heavy (non-hydrogen) atoms. The van der Waals surface area contributed by atoms with E-state index in [0.717, 1.165) is 22.4 Å². The van der Waals surface area contributed by atoms with Crippen LogP contribution < -0.4 is 10.6 Å². The Labute approximate surface area is 164 Å². The Kier molecular flexibility index (Phi) is 4.94. The van der Waals surface area contributed by atoms with Gasteiger partial charge in [0, 0.05) is 24.4 Å². The lowest BCUT2D eigenvalue weighted by atomic mass is 9.88. The SMILES string of the molecule is NC(=O)[C@@H]1Cc2ccccc2N1C(=O)CC(c1ccccc1)c1ccccc1. The van der Waals surface area contributed by atoms with E-state index in [9.17, 15) is 9.59 Å². The van der Waals surface area contributed by atoms with Crippen LogP contribution in [-0.4, -0.2) is 17.9 Å². The molecule has 0 saturated carbocycles. The zero-order chi connectivity index (χ0) is 19.5. The number of amides is 2. The third kappa shape index (κ3) is 3.41. The van der Waals surface area contributed by atoms with Crippen LogP contribution in [0.3, 0.4) is 0 Å². The maximum atomic E-state index is 13.4. The number of hydrogen-bond donors (Lipinski definition) is 1. The molecule has 2 amide bonds. The number of anilines is 1. The van der Waals surface area contributed by atoms with Gasteiger partial charge in [-0.15, -0.1) is 0 Å². The molecule has 3 aromatic carbocycles. The van der Waals surface area contributed by atoms with Gasteiger partial charge in [-0.1, -0.05) is 78.9 Å². The molecule has 0 aliphatic carbocycles. The van der Waals surface area contributed by atoms with Crippen LogP contribution in [-0.2, 0) is 16.0 Å². The predicted molar refractivity (Wildman–Crippen MR) is 110 cm³/mol. The molecule has 1 heterocycles. The average Bonchev–Trinajstić information content (AvgIpc) is 3.13. The molecule has 3 aromatic rings. The lowest BCUT2D eigenvalue weighted by molar-refractivity contribution is -0.124. The van der Waals surface area contributed by atoms with E-state index >= 15 is 0 Å². The average molecular weight is 370 g/mol. The summed E-state index contributed by atoms with van der Waals surface area (Å²) >= 11 is 0. The highest BCUT2D eigenvalue weighted by molar-refractivity contribution is 6.03. The summed E-state index contributed by atoms with van der Waals surface area (Å²) in [7, 11) is 0. The van der Waals surface area contributed by atoms with Gasteiger partial charge in [0.25, 0.3) is 0 Å². The Balaban J connectivity index is 1.69. The molecule has 4 nitrogen and oxygen atoms in total. The molecule has 4 heteroatoms. The summed E-state index contributed by atoms with van der Waals surface area (Å²) < 4.78 is 0. The predicted octanol–water partition coefficient (Wildman–Crippen LogP) is 3.65. The van der Waals surface area contributed by atoms with Crippen molar-refractivity contribution in [3.05, 3.63) is 102 Å². The van der Waals surface area contributed by atoms with E-state index in [1.54, 1.807) is 4.90 Å². The van der Waals surface area contributed by atoms with Crippen molar-refractivity contribution in [2.75, 3.05) is 4.90 Å². The fraction of sp³-hybridized carbons (Fsp3) is 0.167. The van der Waals surface area contributed by atoms with Gasteiger partial charge < -0.3 is 5.73 Å². The number of hydrogen-bond acceptors (Lipinski definition) is 2. The first-order valence-corrected chi connectivity index (χ1v) is 9.44. The lowest BCUT2D eigenvalue weighted by Gasteiger charge is -2.26. The van der Waals surface area contributed by atoms with Crippen molar-refractivity contribution in [1.82, 2.24) is 0 Å². The van der Waals surface area contributed by atoms with E-state index in [-0.39, 0.29) is 18.2 Å². The summed E-state index contributed by atoms with van der Waals surface area (Å²) in [6, 6.07) is 27.0. The molecule has 0 unspecified atom stereocenters. The van der Waals surface area contributed by atoms with Crippen LogP contribution in [0.4, 0.5) is 5.69 Å². The van der Waals surface area contributed by atoms with Crippen molar-refractivity contribution in [2.45, 2.75) is 24.8 Å². The molecular formula is C24H22N2O2. The minimum Gasteiger partial charge on any atom is -0.368 e. The molecule has 0 aromatic heterocycles. The van der Waals surface area contributed by atoms with Gasteiger partial charge in [0.2, 0.25) is 11.8 Å². The van der Waals surface area contributed by atoms with Crippen LogP contribution in [0.1, 0.15) is 29.0 Å². The standard InChI is InChI=1S/C24H22N2O2/c25-24(28)22-15-19-13-7-8-14-21(19)26(22)23(27)16-20(17-9-3-1-4-10-17)18-11-5-2-6-12-18/h1-14,20,22H,15-16H2,(H2,25,28)/t22-/m0/s1. The van der Waals surface area contributed by atoms with Gasteiger partial charge in [0.1, 0.15) is 6.04 Å². The minimum atomic E-state index is -0.628. The molecule has 0 bridgehead atoms. The monoisotopic (exact) mass is 370 g/mol. The van der Waals surface area contributed by atoms with Crippen LogP contribution in [0.5, 0.6) is 0 Å². The summed E-state index contributed by atoms with van der Waals surface area (Å²) in [5.74, 6) is -0.650. The maximum Gasteiger partial charge on any atom is 0.240 e. The summed E-state index contributed by atoms with van der Waals surface area (Å²) in [6.45, 7) is 0. The van der Waals surface area contributed by atoms with E-state index in [0.29, 0.717) is 6.42 Å². The van der Waals surface area contributed by atoms with Crippen molar-refractivity contribution in [3.8, 4) is 0 Å². The van der Waals surface area contributed by atoms with E-state index in [1.165, 1.54) is 0 Å². The third-order valence-electron chi connectivity index (χ3n) is 5.36. The number of benzene rings is 3. The molecule has 2 N–H and O–H groups in total. The Morgan fingerprint density at radius 2 is 1.39 bits per heavy atom. The van der Waals surface area contributed by atoms with Crippen molar-refractivity contribution in [1.29, 1.82) is 0 Å². The van der Waals surface area contributed by atoms with Gasteiger partial charge in [-0.25, -0.2) is 0 Å². The highest BCUT2D eigenvalue weighted by Gasteiger charge is 2.37. The number of rotatable bonds is 5. The van der Waals surface area contributed by atoms with Crippen LogP contribution in [0.2, 0.25) is 0 Å². The van der Waals surface area contributed by atoms with Gasteiger partial charge in [-0.2, -0.15) is 0 Å². The number of nitrogens with zero attached hydrogens (tertiary/aromatic N) is 1. The molecule has 0 fully saturated rings. The van der Waals surface area contributed by atoms with Crippen molar-refractivity contribution >= 4 is 17.5 Å². The van der Waals surface area contributed by atoms with Crippen molar-refractivity contribution in [3.63, 3.8) is 0 Å². The number of para-hydroxylation sites is 1. The number of carbonyl (C=O) groups is 2. The molecule has 1 atom stereocenters. The number of carbonyl (C=O) groups excluding carboxylic acids is 2. The number of primary amides is 1. The molecule has 4 rings (SSSR count). The molecule has 0 spiro atoms. The fourth-order valence-electron chi connectivity index (χ4n) is 3.99. The quantitative estimate of drug-likeness (QED) is 0.745. The van der Waals surface area contributed by atoms with Gasteiger partial charge in [0.05, 0.1) is 0 Å². The second kappa shape index (κ2) is 7.69. The zero-order valence-electron chi connectivity index (χ0n) is 15.5. The first kappa shape index (κ1) is 18.0. The number of nitrogens with two attached hydrogens (primary N) is 1. The van der Waals surface area contributed by atoms with Crippen LogP contribution in [0.15, 0.2) is 84.9 Å². The first-order valence-electron chi connectivity index (χ1n) is 9.44. The summed E-state index contributed by atoms with van der Waals surface area (Å²) in [6.07, 6.45) is 0.741. The summed E-state index contributed by atoms with van der Waals surface area (Å²) in [5.41, 5.74) is 9.54. The van der Waals surface area contributed by atoms with Crippen LogP contribution in [0.25, 0.3) is 0 Å². The van der Waals surface area contributed by atoms with E-state index in [1.807, 2.05) is 84.9 Å². The lowest BCUT2D eigenvalue weighted by Crippen LogP contribution is -2.46. The smallest absolute Gasteiger partial charge is 0.240 e. The van der Waals surface area contributed by atoms with Gasteiger partial charge in [0.15, 0.2) is 0 Å². The fourth-order valence-corrected chi connectivity index (χ4v) is 3.99. The largest absolute Gasteiger partial charge is 0.368 e. The van der Waals surface area contributed by atoms with E-state index in [4.69, 9.17) is 5.73 Å². The molecule has 140 valence electrons. The van der Waals surface area contributed by atoms with Gasteiger partial charge >= 0.3 is 0 Å². The Morgan fingerprint density at radius 1 is 0.857 bits per heavy atom. The molecule has 0 saturated heterocycles. The third-order valence-corrected chi connectivity index (χ3v) is 5.36. The molecular weight excluding hydrogens is 348 g/mol. The summed E-state index contributed by atoms with van der Waals surface area (Å²) in [5, 5.41) is 0. The molecule has 0 radical (unpaired) electrons. The maximum absolute atomic E-state index is 13.4. The van der Waals surface area contributed by atoms with Crippen LogP contribution >= 0.6 is 0 Å².